The molecule has 1 saturated heterocycles. The molecule has 1 fully saturated rings. The molecule has 1 amide bonds. The lowest BCUT2D eigenvalue weighted by molar-refractivity contribution is -0.119. The first-order chi connectivity index (χ1) is 9.04. The topological polar surface area (TPSA) is 41.6 Å². The molecule has 104 valence electrons. The number of ether oxygens (including phenoxy) is 1. The Morgan fingerprint density at radius 3 is 3.05 bits per heavy atom. The first-order valence-corrected chi connectivity index (χ1v) is 6.82. The molecule has 0 aliphatic carbocycles. The Labute approximate surface area is 118 Å². The minimum Gasteiger partial charge on any atom is -0.376 e. The van der Waals surface area contributed by atoms with E-state index in [2.05, 4.69) is 10.2 Å². The van der Waals surface area contributed by atoms with Crippen LogP contribution in [0, 0.1) is 6.92 Å². The van der Waals surface area contributed by atoms with Crippen molar-refractivity contribution in [3.63, 3.8) is 0 Å². The van der Waals surface area contributed by atoms with Gasteiger partial charge in [0, 0.05) is 13.1 Å². The Kier molecular flexibility index (Phi) is 4.80. The van der Waals surface area contributed by atoms with Gasteiger partial charge in [0.1, 0.15) is 0 Å². The SMILES string of the molecule is Cc1ccc(NC(=O)CN2CCOC(C)C2)c(Cl)c1. The summed E-state index contributed by atoms with van der Waals surface area (Å²) < 4.78 is 5.45. The molecule has 5 heteroatoms. The largest absolute Gasteiger partial charge is 0.376 e. The van der Waals surface area contributed by atoms with E-state index in [1.54, 1.807) is 0 Å². The van der Waals surface area contributed by atoms with Crippen molar-refractivity contribution in [2.45, 2.75) is 20.0 Å². The van der Waals surface area contributed by atoms with Crippen LogP contribution in [0.15, 0.2) is 18.2 Å². The fraction of sp³-hybridized carbons (Fsp3) is 0.500. The van der Waals surface area contributed by atoms with Gasteiger partial charge in [-0.15, -0.1) is 0 Å². The lowest BCUT2D eigenvalue weighted by atomic mass is 10.2. The molecule has 1 heterocycles. The second kappa shape index (κ2) is 6.37. The minimum atomic E-state index is -0.0418. The summed E-state index contributed by atoms with van der Waals surface area (Å²) in [6.45, 7) is 6.61. The minimum absolute atomic E-state index is 0.0418. The van der Waals surface area contributed by atoms with Crippen molar-refractivity contribution < 1.29 is 9.53 Å². The van der Waals surface area contributed by atoms with Gasteiger partial charge in [-0.1, -0.05) is 17.7 Å². The van der Waals surface area contributed by atoms with Gasteiger partial charge in [0.25, 0.3) is 0 Å². The highest BCUT2D eigenvalue weighted by molar-refractivity contribution is 6.33. The van der Waals surface area contributed by atoms with Crippen molar-refractivity contribution in [1.29, 1.82) is 0 Å². The maximum atomic E-state index is 12.0. The van der Waals surface area contributed by atoms with Gasteiger partial charge in [-0.3, -0.25) is 9.69 Å². The Morgan fingerprint density at radius 1 is 1.58 bits per heavy atom. The first-order valence-electron chi connectivity index (χ1n) is 6.44. The van der Waals surface area contributed by atoms with E-state index in [-0.39, 0.29) is 12.0 Å². The van der Waals surface area contributed by atoms with Crippen LogP contribution in [0.25, 0.3) is 0 Å². The number of hydrogen-bond donors (Lipinski definition) is 1. The maximum Gasteiger partial charge on any atom is 0.238 e. The maximum absolute atomic E-state index is 12.0. The summed E-state index contributed by atoms with van der Waals surface area (Å²) in [6, 6.07) is 5.60. The van der Waals surface area contributed by atoms with E-state index in [9.17, 15) is 4.79 Å². The molecular formula is C14H19ClN2O2. The Bertz CT molecular complexity index is 465. The number of morpholine rings is 1. The van der Waals surface area contributed by atoms with Crippen LogP contribution in [0.1, 0.15) is 12.5 Å². The van der Waals surface area contributed by atoms with Crippen LogP contribution in [-0.4, -0.2) is 43.2 Å². The third-order valence-electron chi connectivity index (χ3n) is 3.09. The molecule has 19 heavy (non-hydrogen) atoms. The monoisotopic (exact) mass is 282 g/mol. The molecule has 0 radical (unpaired) electrons. The first kappa shape index (κ1) is 14.3. The lowest BCUT2D eigenvalue weighted by Gasteiger charge is -2.30. The van der Waals surface area contributed by atoms with Crippen molar-refractivity contribution in [3.05, 3.63) is 28.8 Å². The van der Waals surface area contributed by atoms with E-state index < -0.39 is 0 Å². The molecule has 2 rings (SSSR count). The second-order valence-electron chi connectivity index (χ2n) is 4.95. The molecule has 1 unspecified atom stereocenters. The molecule has 1 N–H and O–H groups in total. The number of aryl methyl sites for hydroxylation is 1. The molecule has 0 spiro atoms. The number of anilines is 1. The van der Waals surface area contributed by atoms with Crippen molar-refractivity contribution in [2.75, 3.05) is 31.6 Å². The predicted molar refractivity (Wildman–Crippen MR) is 76.7 cm³/mol. The molecule has 0 saturated carbocycles. The zero-order valence-electron chi connectivity index (χ0n) is 11.3. The number of benzene rings is 1. The highest BCUT2D eigenvalue weighted by Crippen LogP contribution is 2.22. The van der Waals surface area contributed by atoms with Crippen LogP contribution in [-0.2, 0) is 9.53 Å². The average molecular weight is 283 g/mol. The molecule has 1 aromatic rings. The molecule has 1 aliphatic heterocycles. The normalized spacial score (nSPS) is 20.3. The molecular weight excluding hydrogens is 264 g/mol. The van der Waals surface area contributed by atoms with E-state index in [1.807, 2.05) is 32.0 Å². The highest BCUT2D eigenvalue weighted by Gasteiger charge is 2.19. The van der Waals surface area contributed by atoms with Gasteiger partial charge in [-0.2, -0.15) is 0 Å². The Hall–Kier alpha value is -1.10. The number of halogens is 1. The van der Waals surface area contributed by atoms with Crippen LogP contribution >= 0.6 is 11.6 Å². The summed E-state index contributed by atoms with van der Waals surface area (Å²) in [7, 11) is 0. The average Bonchev–Trinajstić information content (AvgIpc) is 2.33. The van der Waals surface area contributed by atoms with Crippen LogP contribution < -0.4 is 5.32 Å². The smallest absolute Gasteiger partial charge is 0.238 e. The summed E-state index contributed by atoms with van der Waals surface area (Å²) in [5, 5.41) is 3.42. The van der Waals surface area contributed by atoms with Gasteiger partial charge in [-0.05, 0) is 31.5 Å². The number of amides is 1. The van der Waals surface area contributed by atoms with Gasteiger partial charge in [0.2, 0.25) is 5.91 Å². The zero-order chi connectivity index (χ0) is 13.8. The van der Waals surface area contributed by atoms with Crippen LogP contribution in [0.4, 0.5) is 5.69 Å². The highest BCUT2D eigenvalue weighted by atomic mass is 35.5. The summed E-state index contributed by atoms with van der Waals surface area (Å²) in [6.07, 6.45) is 0.185. The number of hydrogen-bond acceptors (Lipinski definition) is 3. The third kappa shape index (κ3) is 4.20. The van der Waals surface area contributed by atoms with Crippen molar-refractivity contribution in [2.24, 2.45) is 0 Å². The van der Waals surface area contributed by atoms with Gasteiger partial charge < -0.3 is 10.1 Å². The Balaban J connectivity index is 1.90. The van der Waals surface area contributed by atoms with Crippen LogP contribution in [0.3, 0.4) is 0 Å². The van der Waals surface area contributed by atoms with Gasteiger partial charge >= 0.3 is 0 Å². The number of carbonyl (C=O) groups is 1. The molecule has 0 bridgehead atoms. The van der Waals surface area contributed by atoms with E-state index in [0.717, 1.165) is 18.7 Å². The fourth-order valence-corrected chi connectivity index (χ4v) is 2.43. The van der Waals surface area contributed by atoms with E-state index in [0.29, 0.717) is 23.9 Å². The lowest BCUT2D eigenvalue weighted by Crippen LogP contribution is -2.44. The standard InChI is InChI=1S/C14H19ClN2O2/c1-10-3-4-13(12(15)7-10)16-14(18)9-17-5-6-19-11(2)8-17/h3-4,7,11H,5-6,8-9H2,1-2H3,(H,16,18). The van der Waals surface area contributed by atoms with Crippen LogP contribution in [0.5, 0.6) is 0 Å². The summed E-state index contributed by atoms with van der Waals surface area (Å²) >= 11 is 6.09. The quantitative estimate of drug-likeness (QED) is 0.925. The van der Waals surface area contributed by atoms with Crippen LogP contribution in [0.2, 0.25) is 5.02 Å². The third-order valence-corrected chi connectivity index (χ3v) is 3.40. The molecule has 1 aromatic carbocycles. The van der Waals surface area contributed by atoms with E-state index in [4.69, 9.17) is 16.3 Å². The van der Waals surface area contributed by atoms with Gasteiger partial charge in [-0.25, -0.2) is 0 Å². The number of nitrogens with one attached hydrogen (secondary N) is 1. The van der Waals surface area contributed by atoms with Crippen molar-refractivity contribution >= 4 is 23.2 Å². The molecule has 4 nitrogen and oxygen atoms in total. The summed E-state index contributed by atoms with van der Waals surface area (Å²) in [4.78, 5) is 14.1. The van der Waals surface area contributed by atoms with Gasteiger partial charge in [0.15, 0.2) is 0 Å². The second-order valence-corrected chi connectivity index (χ2v) is 5.36. The predicted octanol–water partition coefficient (Wildman–Crippen LogP) is 2.31. The van der Waals surface area contributed by atoms with Gasteiger partial charge in [0.05, 0.1) is 30.0 Å². The Morgan fingerprint density at radius 2 is 2.37 bits per heavy atom. The number of nitrogens with zero attached hydrogens (tertiary/aromatic N) is 1. The zero-order valence-corrected chi connectivity index (χ0v) is 12.0. The number of rotatable bonds is 3. The molecule has 1 aliphatic rings. The number of carbonyl (C=O) groups excluding carboxylic acids is 1. The molecule has 0 aromatic heterocycles. The van der Waals surface area contributed by atoms with Crippen molar-refractivity contribution in [3.8, 4) is 0 Å². The van der Waals surface area contributed by atoms with E-state index in [1.165, 1.54) is 0 Å². The summed E-state index contributed by atoms with van der Waals surface area (Å²) in [5.41, 5.74) is 1.74. The van der Waals surface area contributed by atoms with Crippen molar-refractivity contribution in [1.82, 2.24) is 4.90 Å². The molecule has 1 atom stereocenters. The summed E-state index contributed by atoms with van der Waals surface area (Å²) in [5.74, 6) is -0.0418. The van der Waals surface area contributed by atoms with E-state index >= 15 is 0 Å². The fourth-order valence-electron chi connectivity index (χ4n) is 2.15.